The quantitative estimate of drug-likeness (QED) is 0.600. The van der Waals surface area contributed by atoms with Gasteiger partial charge in [-0.1, -0.05) is 0 Å². The van der Waals surface area contributed by atoms with Crippen molar-refractivity contribution in [3.63, 3.8) is 0 Å². The molecule has 0 aliphatic rings. The maximum Gasteiger partial charge on any atom is 0.170 e. The highest BCUT2D eigenvalue weighted by Crippen LogP contribution is 2.06. The second-order valence-electron chi connectivity index (χ2n) is 3.68. The minimum Gasteiger partial charge on any atom is -0.382 e. The lowest BCUT2D eigenvalue weighted by Crippen LogP contribution is -2.29. The number of thiocarbonyl (C=S) groups is 1. The molecule has 1 heterocycles. The number of nitrogens with one attached hydrogen (secondary N) is 2. The van der Waals surface area contributed by atoms with Crippen LogP contribution in [-0.2, 0) is 4.74 Å². The summed E-state index contributed by atoms with van der Waals surface area (Å²) in [5.74, 6) is 0. The van der Waals surface area contributed by atoms with Crippen LogP contribution >= 0.6 is 12.2 Å². The van der Waals surface area contributed by atoms with Crippen molar-refractivity contribution in [1.82, 2.24) is 10.3 Å². The van der Waals surface area contributed by atoms with Gasteiger partial charge in [0.15, 0.2) is 5.11 Å². The Morgan fingerprint density at radius 3 is 3.00 bits per heavy atom. The summed E-state index contributed by atoms with van der Waals surface area (Å²) < 4.78 is 5.24. The van der Waals surface area contributed by atoms with Gasteiger partial charge in [0.1, 0.15) is 0 Å². The van der Waals surface area contributed by atoms with Crippen LogP contribution in [0.1, 0.15) is 18.9 Å². The summed E-state index contributed by atoms with van der Waals surface area (Å²) in [5, 5.41) is 6.83. The zero-order chi connectivity index (χ0) is 12.5. The third-order valence-electron chi connectivity index (χ3n) is 2.09. The van der Waals surface area contributed by atoms with Gasteiger partial charge in [0, 0.05) is 26.0 Å². The van der Waals surface area contributed by atoms with E-state index < -0.39 is 0 Å². The van der Waals surface area contributed by atoms with Crippen LogP contribution in [0.2, 0.25) is 0 Å². The molecule has 0 aromatic carbocycles. The van der Waals surface area contributed by atoms with E-state index >= 15 is 0 Å². The summed E-state index contributed by atoms with van der Waals surface area (Å²) >= 11 is 5.17. The summed E-state index contributed by atoms with van der Waals surface area (Å²) in [5.41, 5.74) is 2.02. The van der Waals surface area contributed by atoms with Crippen molar-refractivity contribution >= 4 is 23.0 Å². The van der Waals surface area contributed by atoms with E-state index in [1.54, 1.807) is 6.20 Å². The zero-order valence-electron chi connectivity index (χ0n) is 10.3. The lowest BCUT2D eigenvalue weighted by Gasteiger charge is -2.10. The topological polar surface area (TPSA) is 46.2 Å². The third-order valence-corrected chi connectivity index (χ3v) is 2.33. The summed E-state index contributed by atoms with van der Waals surface area (Å²) in [7, 11) is 0. The molecule has 0 atom stereocenters. The van der Waals surface area contributed by atoms with Crippen LogP contribution in [-0.4, -0.2) is 29.9 Å². The summed E-state index contributed by atoms with van der Waals surface area (Å²) in [6.45, 7) is 6.32. The van der Waals surface area contributed by atoms with Crippen molar-refractivity contribution < 1.29 is 4.74 Å². The van der Waals surface area contributed by atoms with Gasteiger partial charge < -0.3 is 15.4 Å². The first-order chi connectivity index (χ1) is 8.22. The maximum atomic E-state index is 5.24. The highest BCUT2D eigenvalue weighted by molar-refractivity contribution is 7.80. The first-order valence-corrected chi connectivity index (χ1v) is 6.17. The molecule has 0 bridgehead atoms. The highest BCUT2D eigenvalue weighted by atomic mass is 32.1. The fourth-order valence-corrected chi connectivity index (χ4v) is 1.54. The molecule has 0 saturated heterocycles. The van der Waals surface area contributed by atoms with E-state index in [2.05, 4.69) is 15.6 Å². The SMILES string of the molecule is CCOCCCNC(=S)Nc1cncc(C)c1. The second-order valence-corrected chi connectivity index (χ2v) is 4.09. The molecule has 0 aliphatic heterocycles. The largest absolute Gasteiger partial charge is 0.382 e. The number of aryl methyl sites for hydroxylation is 1. The Kier molecular flexibility index (Phi) is 6.50. The monoisotopic (exact) mass is 253 g/mol. The van der Waals surface area contributed by atoms with E-state index in [1.165, 1.54) is 0 Å². The van der Waals surface area contributed by atoms with E-state index in [9.17, 15) is 0 Å². The van der Waals surface area contributed by atoms with Gasteiger partial charge in [0.05, 0.1) is 11.9 Å². The van der Waals surface area contributed by atoms with Gasteiger partial charge in [-0.15, -0.1) is 0 Å². The molecular formula is C12H19N3OS. The highest BCUT2D eigenvalue weighted by Gasteiger charge is 1.97. The molecule has 94 valence electrons. The number of nitrogens with zero attached hydrogens (tertiary/aromatic N) is 1. The third kappa shape index (κ3) is 6.19. The molecule has 0 spiro atoms. The molecule has 0 amide bonds. The molecule has 17 heavy (non-hydrogen) atoms. The van der Waals surface area contributed by atoms with Gasteiger partial charge in [0.2, 0.25) is 0 Å². The second kappa shape index (κ2) is 7.97. The van der Waals surface area contributed by atoms with Crippen molar-refractivity contribution in [3.8, 4) is 0 Å². The number of hydrogen-bond donors (Lipinski definition) is 2. The van der Waals surface area contributed by atoms with Crippen LogP contribution in [0.15, 0.2) is 18.5 Å². The van der Waals surface area contributed by atoms with Gasteiger partial charge >= 0.3 is 0 Å². The van der Waals surface area contributed by atoms with E-state index in [-0.39, 0.29) is 0 Å². The minimum atomic E-state index is 0.619. The number of hydrogen-bond acceptors (Lipinski definition) is 3. The van der Waals surface area contributed by atoms with Gasteiger partial charge in [-0.2, -0.15) is 0 Å². The Balaban J connectivity index is 2.21. The van der Waals surface area contributed by atoms with Crippen molar-refractivity contribution in [3.05, 3.63) is 24.0 Å². The minimum absolute atomic E-state index is 0.619. The van der Waals surface area contributed by atoms with Crippen LogP contribution in [0, 0.1) is 6.92 Å². The fourth-order valence-electron chi connectivity index (χ4n) is 1.32. The lowest BCUT2D eigenvalue weighted by molar-refractivity contribution is 0.146. The van der Waals surface area contributed by atoms with Crippen molar-refractivity contribution in [2.75, 3.05) is 25.1 Å². The van der Waals surface area contributed by atoms with Crippen LogP contribution in [0.5, 0.6) is 0 Å². The Bertz CT molecular complexity index is 357. The lowest BCUT2D eigenvalue weighted by atomic mass is 10.3. The van der Waals surface area contributed by atoms with E-state index in [0.717, 1.165) is 37.4 Å². The Hall–Kier alpha value is -1.20. The van der Waals surface area contributed by atoms with Gasteiger partial charge in [0.25, 0.3) is 0 Å². The van der Waals surface area contributed by atoms with Crippen molar-refractivity contribution in [2.24, 2.45) is 0 Å². The normalized spacial score (nSPS) is 10.0. The van der Waals surface area contributed by atoms with Gasteiger partial charge in [-0.3, -0.25) is 4.98 Å². The summed E-state index contributed by atoms with van der Waals surface area (Å²) in [4.78, 5) is 4.09. The molecule has 0 aliphatic carbocycles. The van der Waals surface area contributed by atoms with E-state index in [4.69, 9.17) is 17.0 Å². The average Bonchev–Trinajstić information content (AvgIpc) is 2.29. The molecule has 0 unspecified atom stereocenters. The van der Waals surface area contributed by atoms with Gasteiger partial charge in [-0.05, 0) is 44.1 Å². The molecule has 2 N–H and O–H groups in total. The molecule has 1 aromatic heterocycles. The smallest absolute Gasteiger partial charge is 0.170 e. The van der Waals surface area contributed by atoms with Gasteiger partial charge in [-0.25, -0.2) is 0 Å². The maximum absolute atomic E-state index is 5.24. The first kappa shape index (κ1) is 13.9. The summed E-state index contributed by atoms with van der Waals surface area (Å²) in [6.07, 6.45) is 4.51. The predicted octanol–water partition coefficient (Wildman–Crippen LogP) is 2.10. The van der Waals surface area contributed by atoms with E-state index in [1.807, 2.05) is 26.1 Å². The van der Waals surface area contributed by atoms with Crippen LogP contribution in [0.4, 0.5) is 5.69 Å². The first-order valence-electron chi connectivity index (χ1n) is 5.76. The van der Waals surface area contributed by atoms with Crippen LogP contribution < -0.4 is 10.6 Å². The Morgan fingerprint density at radius 1 is 1.47 bits per heavy atom. The Labute approximate surface area is 108 Å². The standard InChI is InChI=1S/C12H19N3OS/c1-3-16-6-4-5-14-12(17)15-11-7-10(2)8-13-9-11/h7-9H,3-6H2,1-2H3,(H2,14,15,17). The molecule has 1 rings (SSSR count). The molecule has 4 nitrogen and oxygen atoms in total. The Morgan fingerprint density at radius 2 is 2.29 bits per heavy atom. The predicted molar refractivity (Wildman–Crippen MR) is 74.3 cm³/mol. The molecule has 0 saturated carbocycles. The number of rotatable bonds is 6. The average molecular weight is 253 g/mol. The molecule has 5 heteroatoms. The van der Waals surface area contributed by atoms with Crippen molar-refractivity contribution in [2.45, 2.75) is 20.3 Å². The number of anilines is 1. The molecule has 1 aromatic rings. The van der Waals surface area contributed by atoms with Crippen molar-refractivity contribution in [1.29, 1.82) is 0 Å². The molecule has 0 radical (unpaired) electrons. The summed E-state index contributed by atoms with van der Waals surface area (Å²) in [6, 6.07) is 2.00. The van der Waals surface area contributed by atoms with E-state index in [0.29, 0.717) is 5.11 Å². The molecule has 0 fully saturated rings. The number of aromatic nitrogens is 1. The van der Waals surface area contributed by atoms with Crippen LogP contribution in [0.25, 0.3) is 0 Å². The fraction of sp³-hybridized carbons (Fsp3) is 0.500. The number of ether oxygens (including phenoxy) is 1. The van der Waals surface area contributed by atoms with Crippen LogP contribution in [0.3, 0.4) is 0 Å². The molecular weight excluding hydrogens is 234 g/mol. The zero-order valence-corrected chi connectivity index (χ0v) is 11.1. The number of pyridine rings is 1.